The fourth-order valence-corrected chi connectivity index (χ4v) is 3.26. The predicted molar refractivity (Wildman–Crippen MR) is 73.4 cm³/mol. The van der Waals surface area contributed by atoms with Crippen molar-refractivity contribution >= 4 is 17.2 Å². The number of nitrogens with zero attached hydrogens (tertiary/aromatic N) is 2. The molecule has 94 valence electrons. The van der Waals surface area contributed by atoms with Crippen molar-refractivity contribution in [2.24, 2.45) is 0 Å². The van der Waals surface area contributed by atoms with E-state index in [1.165, 1.54) is 17.8 Å². The van der Waals surface area contributed by atoms with E-state index < -0.39 is 0 Å². The van der Waals surface area contributed by atoms with Crippen molar-refractivity contribution in [3.05, 3.63) is 40.8 Å². The van der Waals surface area contributed by atoms with Gasteiger partial charge in [-0.15, -0.1) is 11.3 Å². The van der Waals surface area contributed by atoms with Crippen molar-refractivity contribution in [2.45, 2.75) is 19.3 Å². The van der Waals surface area contributed by atoms with Gasteiger partial charge in [-0.25, -0.2) is 0 Å². The summed E-state index contributed by atoms with van der Waals surface area (Å²) in [6.45, 7) is 1.81. The molecule has 3 rings (SSSR count). The Morgan fingerprint density at radius 3 is 2.56 bits per heavy atom. The summed E-state index contributed by atoms with van der Waals surface area (Å²) in [7, 11) is 0. The Hall–Kier alpha value is -1.55. The average Bonchev–Trinajstić information content (AvgIpc) is 3.09. The molecule has 1 aliphatic heterocycles. The molecule has 1 saturated heterocycles. The van der Waals surface area contributed by atoms with Crippen molar-refractivity contribution in [3.8, 4) is 5.69 Å². The molecule has 1 fully saturated rings. The van der Waals surface area contributed by atoms with Gasteiger partial charge >= 0.3 is 0 Å². The van der Waals surface area contributed by atoms with E-state index >= 15 is 0 Å². The number of piperidine rings is 1. The number of rotatable bonds is 2. The number of thiophene rings is 1. The molecule has 4 heteroatoms. The third-order valence-electron chi connectivity index (χ3n) is 3.36. The molecule has 0 aromatic carbocycles. The number of carbonyl (C=O) groups is 1. The Balaban J connectivity index is 1.88. The molecule has 0 bridgehead atoms. The normalized spacial score (nSPS) is 15.9. The molecule has 0 spiro atoms. The largest absolute Gasteiger partial charge is 0.338 e. The van der Waals surface area contributed by atoms with Gasteiger partial charge in [0.25, 0.3) is 5.91 Å². The van der Waals surface area contributed by atoms with Gasteiger partial charge in [-0.3, -0.25) is 4.79 Å². The smallest absolute Gasteiger partial charge is 0.266 e. The molecule has 2 aromatic rings. The van der Waals surface area contributed by atoms with Gasteiger partial charge in [-0.2, -0.15) is 0 Å². The van der Waals surface area contributed by atoms with E-state index in [4.69, 9.17) is 0 Å². The van der Waals surface area contributed by atoms with Crippen LogP contribution in [0.15, 0.2) is 36.0 Å². The molecule has 3 nitrogen and oxygen atoms in total. The van der Waals surface area contributed by atoms with Crippen molar-refractivity contribution < 1.29 is 4.79 Å². The van der Waals surface area contributed by atoms with Gasteiger partial charge in [0.1, 0.15) is 4.88 Å². The number of amides is 1. The van der Waals surface area contributed by atoms with E-state index in [-0.39, 0.29) is 5.91 Å². The first-order valence-electron chi connectivity index (χ1n) is 6.36. The first kappa shape index (κ1) is 11.5. The first-order valence-corrected chi connectivity index (χ1v) is 7.24. The molecule has 0 radical (unpaired) electrons. The zero-order valence-corrected chi connectivity index (χ0v) is 11.0. The Bertz CT molecular complexity index is 524. The minimum atomic E-state index is 0.188. The third-order valence-corrected chi connectivity index (χ3v) is 4.26. The fraction of sp³-hybridized carbons (Fsp3) is 0.357. The van der Waals surface area contributed by atoms with Crippen LogP contribution in [-0.2, 0) is 0 Å². The van der Waals surface area contributed by atoms with Crippen LogP contribution in [0.2, 0.25) is 0 Å². The van der Waals surface area contributed by atoms with Gasteiger partial charge in [0.05, 0.1) is 5.69 Å². The van der Waals surface area contributed by atoms with Crippen LogP contribution in [0.4, 0.5) is 0 Å². The van der Waals surface area contributed by atoms with Gasteiger partial charge < -0.3 is 9.47 Å². The van der Waals surface area contributed by atoms with Crippen molar-refractivity contribution in [1.29, 1.82) is 0 Å². The molecular formula is C14H16N2OS. The lowest BCUT2D eigenvalue weighted by Crippen LogP contribution is -2.35. The molecule has 3 heterocycles. The Morgan fingerprint density at radius 2 is 1.83 bits per heavy atom. The number of likely N-dealkylation sites (tertiary alicyclic amines) is 1. The molecule has 0 N–H and O–H groups in total. The standard InChI is InChI=1S/C14H16N2OS/c17-14(16-9-2-1-3-10-16)13-12(6-11-18-13)15-7-4-5-8-15/h4-8,11H,1-3,9-10H2. The lowest BCUT2D eigenvalue weighted by atomic mass is 10.1. The molecule has 18 heavy (non-hydrogen) atoms. The summed E-state index contributed by atoms with van der Waals surface area (Å²) in [5.41, 5.74) is 1.00. The van der Waals surface area contributed by atoms with E-state index in [1.54, 1.807) is 0 Å². The second-order valence-corrected chi connectivity index (χ2v) is 5.49. The van der Waals surface area contributed by atoms with Crippen LogP contribution in [0.25, 0.3) is 5.69 Å². The summed E-state index contributed by atoms with van der Waals surface area (Å²) in [4.78, 5) is 15.3. The van der Waals surface area contributed by atoms with E-state index in [9.17, 15) is 4.79 Å². The molecule has 0 atom stereocenters. The maximum absolute atomic E-state index is 12.5. The topological polar surface area (TPSA) is 25.2 Å². The highest BCUT2D eigenvalue weighted by molar-refractivity contribution is 7.12. The lowest BCUT2D eigenvalue weighted by Gasteiger charge is -2.26. The van der Waals surface area contributed by atoms with E-state index in [1.807, 2.05) is 45.4 Å². The van der Waals surface area contributed by atoms with Crippen molar-refractivity contribution in [3.63, 3.8) is 0 Å². The lowest BCUT2D eigenvalue weighted by molar-refractivity contribution is 0.0729. The molecular weight excluding hydrogens is 244 g/mol. The van der Waals surface area contributed by atoms with E-state index in [2.05, 4.69) is 0 Å². The molecule has 2 aromatic heterocycles. The highest BCUT2D eigenvalue weighted by atomic mass is 32.1. The van der Waals surface area contributed by atoms with E-state index in [0.29, 0.717) is 0 Å². The zero-order chi connectivity index (χ0) is 12.4. The number of hydrogen-bond donors (Lipinski definition) is 0. The van der Waals surface area contributed by atoms with Crippen LogP contribution >= 0.6 is 11.3 Å². The van der Waals surface area contributed by atoms with Gasteiger partial charge in [0.15, 0.2) is 0 Å². The second kappa shape index (κ2) is 4.98. The fourth-order valence-electron chi connectivity index (χ4n) is 2.40. The summed E-state index contributed by atoms with van der Waals surface area (Å²) >= 11 is 1.54. The summed E-state index contributed by atoms with van der Waals surface area (Å²) in [5.74, 6) is 0.188. The van der Waals surface area contributed by atoms with Crippen molar-refractivity contribution in [2.75, 3.05) is 13.1 Å². The molecule has 1 aliphatic rings. The Labute approximate surface area is 111 Å². The van der Waals surface area contributed by atoms with Gasteiger partial charge in [-0.05, 0) is 42.8 Å². The summed E-state index contributed by atoms with van der Waals surface area (Å²) in [6, 6.07) is 5.97. The van der Waals surface area contributed by atoms with Gasteiger partial charge in [0.2, 0.25) is 0 Å². The summed E-state index contributed by atoms with van der Waals surface area (Å²) < 4.78 is 2.01. The number of carbonyl (C=O) groups excluding carboxylic acids is 1. The SMILES string of the molecule is O=C(c1sccc1-n1cccc1)N1CCCCC1. The Morgan fingerprint density at radius 1 is 1.11 bits per heavy atom. The van der Waals surface area contributed by atoms with E-state index in [0.717, 1.165) is 36.5 Å². The molecule has 0 saturated carbocycles. The molecule has 0 aliphatic carbocycles. The maximum atomic E-state index is 12.5. The summed E-state index contributed by atoms with van der Waals surface area (Å²) in [5, 5.41) is 1.99. The van der Waals surface area contributed by atoms with Crippen LogP contribution in [0.1, 0.15) is 28.9 Å². The highest BCUT2D eigenvalue weighted by Gasteiger charge is 2.22. The highest BCUT2D eigenvalue weighted by Crippen LogP contribution is 2.24. The van der Waals surface area contributed by atoms with Crippen LogP contribution in [-0.4, -0.2) is 28.5 Å². The summed E-state index contributed by atoms with van der Waals surface area (Å²) in [6.07, 6.45) is 7.48. The minimum absolute atomic E-state index is 0.188. The maximum Gasteiger partial charge on any atom is 0.266 e. The van der Waals surface area contributed by atoms with Crippen LogP contribution < -0.4 is 0 Å². The Kier molecular flexibility index (Phi) is 3.19. The van der Waals surface area contributed by atoms with Crippen LogP contribution in [0.5, 0.6) is 0 Å². The quantitative estimate of drug-likeness (QED) is 0.814. The number of hydrogen-bond acceptors (Lipinski definition) is 2. The van der Waals surface area contributed by atoms with Gasteiger partial charge in [0, 0.05) is 25.5 Å². The zero-order valence-electron chi connectivity index (χ0n) is 10.2. The minimum Gasteiger partial charge on any atom is -0.338 e. The predicted octanol–water partition coefficient (Wildman–Crippen LogP) is 3.16. The van der Waals surface area contributed by atoms with Crippen LogP contribution in [0, 0.1) is 0 Å². The average molecular weight is 260 g/mol. The third kappa shape index (κ3) is 2.08. The monoisotopic (exact) mass is 260 g/mol. The van der Waals surface area contributed by atoms with Crippen molar-refractivity contribution in [1.82, 2.24) is 9.47 Å². The first-order chi connectivity index (χ1) is 8.86. The molecule has 0 unspecified atom stereocenters. The van der Waals surface area contributed by atoms with Gasteiger partial charge in [-0.1, -0.05) is 0 Å². The molecule has 1 amide bonds. The van der Waals surface area contributed by atoms with Crippen LogP contribution in [0.3, 0.4) is 0 Å². The second-order valence-electron chi connectivity index (χ2n) is 4.58. The number of aromatic nitrogens is 1.